The van der Waals surface area contributed by atoms with Crippen LogP contribution in [0.5, 0.6) is 0 Å². The van der Waals surface area contributed by atoms with Crippen LogP contribution in [0.2, 0.25) is 0 Å². The Hall–Kier alpha value is -1.61. The fraction of sp³-hybridized carbons (Fsp3) is 0.438. The maximum atomic E-state index is 11.9. The number of hydrogen-bond acceptors (Lipinski definition) is 3. The summed E-state index contributed by atoms with van der Waals surface area (Å²) in [4.78, 5) is 11.9. The number of nitrogens with two attached hydrogens (primary N) is 1. The number of carbonyl (C=O) groups is 1. The zero-order chi connectivity index (χ0) is 14.5. The third-order valence-electron chi connectivity index (χ3n) is 2.52. The average Bonchev–Trinajstić information content (AvgIpc) is 2.28. The number of hydrogen-bond donors (Lipinski definition) is 1. The molecule has 0 spiro atoms. The third kappa shape index (κ3) is 5.71. The predicted octanol–water partition coefficient (Wildman–Crippen LogP) is 3.15. The fourth-order valence-electron chi connectivity index (χ4n) is 1.48. The van der Waals surface area contributed by atoms with Crippen molar-refractivity contribution in [3.05, 3.63) is 42.0 Å². The molecule has 0 heterocycles. The van der Waals surface area contributed by atoms with Gasteiger partial charge in [0.1, 0.15) is 11.1 Å². The number of ether oxygens (including phenoxy) is 1. The molecule has 19 heavy (non-hydrogen) atoms. The Morgan fingerprint density at radius 3 is 2.32 bits per heavy atom. The van der Waals surface area contributed by atoms with Gasteiger partial charge in [-0.2, -0.15) is 0 Å². The van der Waals surface area contributed by atoms with Crippen LogP contribution in [0.1, 0.15) is 39.7 Å². The summed E-state index contributed by atoms with van der Waals surface area (Å²) >= 11 is 0. The SMILES string of the molecule is CC(C)(C)OC(=O)[C@](C)(N)C/C=C/c1ccccc1. The average molecular weight is 261 g/mol. The van der Waals surface area contributed by atoms with Crippen molar-refractivity contribution in [2.24, 2.45) is 5.73 Å². The first-order valence-corrected chi connectivity index (χ1v) is 6.45. The summed E-state index contributed by atoms with van der Waals surface area (Å²) in [5.74, 6) is -0.377. The van der Waals surface area contributed by atoms with E-state index in [9.17, 15) is 4.79 Å². The molecule has 0 aliphatic rings. The van der Waals surface area contributed by atoms with Crippen LogP contribution < -0.4 is 5.73 Å². The molecule has 0 unspecified atom stereocenters. The van der Waals surface area contributed by atoms with Crippen LogP contribution in [0.3, 0.4) is 0 Å². The van der Waals surface area contributed by atoms with Gasteiger partial charge in [0.05, 0.1) is 0 Å². The van der Waals surface area contributed by atoms with Gasteiger partial charge in [0.25, 0.3) is 0 Å². The molecular weight excluding hydrogens is 238 g/mol. The monoisotopic (exact) mass is 261 g/mol. The highest BCUT2D eigenvalue weighted by atomic mass is 16.6. The molecule has 3 heteroatoms. The molecule has 0 aromatic heterocycles. The second kappa shape index (κ2) is 6.02. The van der Waals surface area contributed by atoms with Crippen molar-refractivity contribution >= 4 is 12.0 Å². The zero-order valence-corrected chi connectivity index (χ0v) is 12.1. The van der Waals surface area contributed by atoms with Gasteiger partial charge >= 0.3 is 5.97 Å². The summed E-state index contributed by atoms with van der Waals surface area (Å²) < 4.78 is 5.31. The molecule has 3 nitrogen and oxygen atoms in total. The van der Waals surface area contributed by atoms with Crippen molar-refractivity contribution in [1.82, 2.24) is 0 Å². The summed E-state index contributed by atoms with van der Waals surface area (Å²) in [7, 11) is 0. The Morgan fingerprint density at radius 2 is 1.79 bits per heavy atom. The van der Waals surface area contributed by atoms with Crippen LogP contribution in [0.4, 0.5) is 0 Å². The number of rotatable bonds is 4. The Morgan fingerprint density at radius 1 is 1.21 bits per heavy atom. The summed E-state index contributed by atoms with van der Waals surface area (Å²) in [5.41, 5.74) is 5.58. The highest BCUT2D eigenvalue weighted by Gasteiger charge is 2.31. The molecule has 2 N–H and O–H groups in total. The molecule has 0 aliphatic heterocycles. The van der Waals surface area contributed by atoms with Gasteiger partial charge in [-0.3, -0.25) is 4.79 Å². The molecule has 1 rings (SSSR count). The van der Waals surface area contributed by atoms with Crippen molar-refractivity contribution in [3.8, 4) is 0 Å². The minimum Gasteiger partial charge on any atom is -0.459 e. The molecule has 1 aromatic carbocycles. The molecule has 0 amide bonds. The van der Waals surface area contributed by atoms with Gasteiger partial charge in [0, 0.05) is 0 Å². The Balaban J connectivity index is 2.60. The first-order chi connectivity index (χ1) is 8.71. The number of carbonyl (C=O) groups excluding carboxylic acids is 1. The fourth-order valence-corrected chi connectivity index (χ4v) is 1.48. The van der Waals surface area contributed by atoms with Gasteiger partial charge in [-0.25, -0.2) is 0 Å². The number of esters is 1. The normalized spacial score (nSPS) is 15.2. The van der Waals surface area contributed by atoms with Gasteiger partial charge in [-0.05, 0) is 39.7 Å². The van der Waals surface area contributed by atoms with Crippen molar-refractivity contribution in [2.45, 2.75) is 45.3 Å². The van der Waals surface area contributed by atoms with Crippen molar-refractivity contribution in [3.63, 3.8) is 0 Å². The van der Waals surface area contributed by atoms with E-state index in [0.29, 0.717) is 6.42 Å². The van der Waals surface area contributed by atoms with Crippen molar-refractivity contribution in [2.75, 3.05) is 0 Å². The lowest BCUT2D eigenvalue weighted by atomic mass is 9.98. The van der Waals surface area contributed by atoms with E-state index >= 15 is 0 Å². The molecule has 0 saturated heterocycles. The van der Waals surface area contributed by atoms with E-state index < -0.39 is 11.1 Å². The van der Waals surface area contributed by atoms with Crippen LogP contribution >= 0.6 is 0 Å². The smallest absolute Gasteiger partial charge is 0.326 e. The molecule has 1 atom stereocenters. The topological polar surface area (TPSA) is 52.3 Å². The van der Waals surface area contributed by atoms with Crippen LogP contribution in [0.15, 0.2) is 36.4 Å². The lowest BCUT2D eigenvalue weighted by molar-refractivity contribution is -0.160. The van der Waals surface area contributed by atoms with Gasteiger partial charge in [-0.1, -0.05) is 42.5 Å². The van der Waals surface area contributed by atoms with Gasteiger partial charge < -0.3 is 10.5 Å². The van der Waals surface area contributed by atoms with E-state index in [1.165, 1.54) is 0 Å². The number of benzene rings is 1. The highest BCUT2D eigenvalue weighted by Crippen LogP contribution is 2.16. The molecule has 1 aromatic rings. The predicted molar refractivity (Wildman–Crippen MR) is 78.5 cm³/mol. The minimum absolute atomic E-state index is 0.377. The molecule has 0 radical (unpaired) electrons. The molecule has 0 aliphatic carbocycles. The molecule has 104 valence electrons. The quantitative estimate of drug-likeness (QED) is 0.847. The minimum atomic E-state index is -1.00. The first kappa shape index (κ1) is 15.4. The first-order valence-electron chi connectivity index (χ1n) is 6.45. The summed E-state index contributed by atoms with van der Waals surface area (Å²) in [6.45, 7) is 7.19. The van der Waals surface area contributed by atoms with Crippen molar-refractivity contribution < 1.29 is 9.53 Å². The van der Waals surface area contributed by atoms with Gasteiger partial charge in [0.15, 0.2) is 0 Å². The highest BCUT2D eigenvalue weighted by molar-refractivity contribution is 5.80. The summed E-state index contributed by atoms with van der Waals surface area (Å²) in [6, 6.07) is 9.89. The second-order valence-corrected chi connectivity index (χ2v) is 5.94. The second-order valence-electron chi connectivity index (χ2n) is 5.94. The maximum absolute atomic E-state index is 11.9. The van der Waals surface area contributed by atoms with E-state index in [1.54, 1.807) is 6.92 Å². The maximum Gasteiger partial charge on any atom is 0.326 e. The Bertz CT molecular complexity index is 442. The lowest BCUT2D eigenvalue weighted by Gasteiger charge is -2.27. The van der Waals surface area contributed by atoms with Crippen LogP contribution in [-0.2, 0) is 9.53 Å². The Kier molecular flexibility index (Phi) is 4.90. The lowest BCUT2D eigenvalue weighted by Crippen LogP contribution is -2.48. The van der Waals surface area contributed by atoms with Crippen molar-refractivity contribution in [1.29, 1.82) is 0 Å². The summed E-state index contributed by atoms with van der Waals surface area (Å²) in [6.07, 6.45) is 4.30. The molecule has 0 fully saturated rings. The summed E-state index contributed by atoms with van der Waals surface area (Å²) in [5, 5.41) is 0. The molecule has 0 saturated carbocycles. The van der Waals surface area contributed by atoms with E-state index in [0.717, 1.165) is 5.56 Å². The zero-order valence-electron chi connectivity index (χ0n) is 12.1. The van der Waals surface area contributed by atoms with Crippen LogP contribution in [-0.4, -0.2) is 17.1 Å². The van der Waals surface area contributed by atoms with E-state index in [4.69, 9.17) is 10.5 Å². The van der Waals surface area contributed by atoms with Crippen LogP contribution in [0.25, 0.3) is 6.08 Å². The molecular formula is C16H23NO2. The standard InChI is InChI=1S/C16H23NO2/c1-15(2,3)19-14(18)16(4,17)12-8-11-13-9-6-5-7-10-13/h5-11H,12,17H2,1-4H3/b11-8+/t16-/m1/s1. The van der Waals surface area contributed by atoms with E-state index in [1.807, 2.05) is 63.3 Å². The van der Waals surface area contributed by atoms with Gasteiger partial charge in [0.2, 0.25) is 0 Å². The third-order valence-corrected chi connectivity index (χ3v) is 2.52. The Labute approximate surface area is 115 Å². The van der Waals surface area contributed by atoms with E-state index in [-0.39, 0.29) is 5.97 Å². The largest absolute Gasteiger partial charge is 0.459 e. The van der Waals surface area contributed by atoms with Crippen LogP contribution in [0, 0.1) is 0 Å². The molecule has 0 bridgehead atoms. The van der Waals surface area contributed by atoms with E-state index in [2.05, 4.69) is 0 Å². The van der Waals surface area contributed by atoms with Gasteiger partial charge in [-0.15, -0.1) is 0 Å².